The van der Waals surface area contributed by atoms with E-state index < -0.39 is 0 Å². The van der Waals surface area contributed by atoms with Crippen molar-refractivity contribution >= 4 is 0 Å². The van der Waals surface area contributed by atoms with E-state index in [-0.39, 0.29) is 12.1 Å². The number of hydrogen-bond acceptors (Lipinski definition) is 4. The number of hydrogen-bond donors (Lipinski definition) is 1. The van der Waals surface area contributed by atoms with Gasteiger partial charge in [0, 0.05) is 19.3 Å². The van der Waals surface area contributed by atoms with Gasteiger partial charge in [-0.2, -0.15) is 0 Å². The maximum Gasteiger partial charge on any atom is 0.104 e. The van der Waals surface area contributed by atoms with Crippen molar-refractivity contribution in [2.24, 2.45) is 5.73 Å². The minimum absolute atomic E-state index is 0.0253. The van der Waals surface area contributed by atoms with E-state index in [1.165, 1.54) is 167 Å². The highest BCUT2D eigenvalue weighted by molar-refractivity contribution is 4.59. The lowest BCUT2D eigenvalue weighted by Crippen LogP contribution is -2.30. The van der Waals surface area contributed by atoms with Crippen LogP contribution in [0, 0.1) is 0 Å². The fourth-order valence-electron chi connectivity index (χ4n) is 5.69. The molecule has 2 atom stereocenters. The molecule has 0 rings (SSSR count). The lowest BCUT2D eigenvalue weighted by molar-refractivity contribution is -0.0623. The molecule has 42 heavy (non-hydrogen) atoms. The highest BCUT2D eigenvalue weighted by Gasteiger charge is 2.11. The molecule has 2 N–H and O–H groups in total. The zero-order valence-electron chi connectivity index (χ0n) is 29.3. The Morgan fingerprint density at radius 2 is 0.690 bits per heavy atom. The first-order valence-corrected chi connectivity index (χ1v) is 19.2. The van der Waals surface area contributed by atoms with Gasteiger partial charge in [-0.05, 0) is 19.8 Å². The lowest BCUT2D eigenvalue weighted by Gasteiger charge is -2.19. The topological polar surface area (TPSA) is 53.7 Å². The van der Waals surface area contributed by atoms with Gasteiger partial charge in [0.25, 0.3) is 0 Å². The third-order valence-electron chi connectivity index (χ3n) is 8.48. The van der Waals surface area contributed by atoms with Crippen LogP contribution in [0.5, 0.6) is 0 Å². The van der Waals surface area contributed by atoms with E-state index in [1.807, 2.05) is 6.92 Å². The maximum atomic E-state index is 6.16. The summed E-state index contributed by atoms with van der Waals surface area (Å²) in [5, 5.41) is 0. The van der Waals surface area contributed by atoms with Crippen LogP contribution in [0.3, 0.4) is 0 Å². The molecule has 0 amide bonds. The van der Waals surface area contributed by atoms with Gasteiger partial charge in [0.1, 0.15) is 6.10 Å². The summed E-state index contributed by atoms with van der Waals surface area (Å²) < 4.78 is 17.9. The zero-order chi connectivity index (χ0) is 30.6. The molecule has 0 aliphatic rings. The predicted octanol–water partition coefficient (Wildman–Crippen LogP) is 11.7. The van der Waals surface area contributed by atoms with Crippen LogP contribution in [0.4, 0.5) is 0 Å². The average Bonchev–Trinajstić information content (AvgIpc) is 2.98. The molecule has 4 heteroatoms. The Kier molecular flexibility index (Phi) is 36.9. The zero-order valence-corrected chi connectivity index (χ0v) is 29.3. The summed E-state index contributed by atoms with van der Waals surface area (Å²) >= 11 is 0. The van der Waals surface area contributed by atoms with Gasteiger partial charge < -0.3 is 19.9 Å². The quantitative estimate of drug-likeness (QED) is 0.0724. The summed E-state index contributed by atoms with van der Waals surface area (Å²) in [5.41, 5.74) is 5.86. The SMILES string of the molecule is CCCCCCCCCCCCCCCCOCC(COCC(C)N)OCCCCCCCCCCCCCCCC. The van der Waals surface area contributed by atoms with Gasteiger partial charge in [-0.3, -0.25) is 0 Å². The van der Waals surface area contributed by atoms with Crippen molar-refractivity contribution in [3.05, 3.63) is 0 Å². The van der Waals surface area contributed by atoms with Crippen molar-refractivity contribution < 1.29 is 14.2 Å². The van der Waals surface area contributed by atoms with E-state index >= 15 is 0 Å². The summed E-state index contributed by atoms with van der Waals surface area (Å²) in [6.07, 6.45) is 38.8. The molecular formula is C38H79NO3. The van der Waals surface area contributed by atoms with Gasteiger partial charge in [0.05, 0.1) is 19.8 Å². The molecule has 0 bridgehead atoms. The number of nitrogens with two attached hydrogens (primary N) is 1. The molecule has 0 saturated carbocycles. The van der Waals surface area contributed by atoms with Crippen LogP contribution in [0.15, 0.2) is 0 Å². The Labute approximate surface area is 265 Å². The van der Waals surface area contributed by atoms with Crippen LogP contribution in [0.1, 0.15) is 201 Å². The molecule has 0 aromatic carbocycles. The molecule has 2 unspecified atom stereocenters. The first kappa shape index (κ1) is 41.8. The highest BCUT2D eigenvalue weighted by Crippen LogP contribution is 2.14. The fraction of sp³-hybridized carbons (Fsp3) is 1.00. The van der Waals surface area contributed by atoms with Gasteiger partial charge in [0.2, 0.25) is 0 Å². The van der Waals surface area contributed by atoms with Crippen molar-refractivity contribution in [2.75, 3.05) is 33.0 Å². The molecule has 0 aromatic heterocycles. The van der Waals surface area contributed by atoms with Crippen LogP contribution in [-0.4, -0.2) is 45.2 Å². The Bertz CT molecular complexity index is 473. The minimum atomic E-state index is 0.0253. The van der Waals surface area contributed by atoms with E-state index in [2.05, 4.69) is 13.8 Å². The summed E-state index contributed by atoms with van der Waals surface area (Å²) in [4.78, 5) is 0. The molecule has 0 radical (unpaired) electrons. The van der Waals surface area contributed by atoms with Crippen molar-refractivity contribution in [3.63, 3.8) is 0 Å². The van der Waals surface area contributed by atoms with Crippen molar-refractivity contribution in [1.82, 2.24) is 0 Å². The Morgan fingerprint density at radius 3 is 1.05 bits per heavy atom. The van der Waals surface area contributed by atoms with Gasteiger partial charge >= 0.3 is 0 Å². The lowest BCUT2D eigenvalue weighted by atomic mass is 10.0. The van der Waals surface area contributed by atoms with Gasteiger partial charge in [-0.25, -0.2) is 0 Å². The van der Waals surface area contributed by atoms with Crippen LogP contribution in [0.25, 0.3) is 0 Å². The molecule has 0 heterocycles. The second kappa shape index (κ2) is 37.0. The first-order chi connectivity index (χ1) is 20.7. The normalized spacial score (nSPS) is 13.1. The molecule has 0 aliphatic carbocycles. The standard InChI is InChI=1S/C38H79NO3/c1-4-6-8-10-12-14-16-18-20-22-24-26-28-30-32-40-35-38(36-41-34-37(3)39)42-33-31-29-27-25-23-21-19-17-15-13-11-9-7-5-2/h37-38H,4-36,39H2,1-3H3. The van der Waals surface area contributed by atoms with Crippen LogP contribution < -0.4 is 5.73 Å². The molecule has 0 saturated heterocycles. The monoisotopic (exact) mass is 598 g/mol. The van der Waals surface area contributed by atoms with E-state index in [9.17, 15) is 0 Å². The Hall–Kier alpha value is -0.160. The van der Waals surface area contributed by atoms with E-state index in [0.29, 0.717) is 19.8 Å². The van der Waals surface area contributed by atoms with Crippen molar-refractivity contribution in [2.45, 2.75) is 213 Å². The molecule has 4 nitrogen and oxygen atoms in total. The summed E-state index contributed by atoms with van der Waals surface area (Å²) in [6.45, 7) is 10.0. The fourth-order valence-corrected chi connectivity index (χ4v) is 5.69. The third kappa shape index (κ3) is 36.0. The molecular weight excluding hydrogens is 518 g/mol. The summed E-state index contributed by atoms with van der Waals surface area (Å²) in [7, 11) is 0. The average molecular weight is 598 g/mol. The van der Waals surface area contributed by atoms with Gasteiger partial charge in [-0.1, -0.05) is 181 Å². The van der Waals surface area contributed by atoms with Crippen molar-refractivity contribution in [1.29, 1.82) is 0 Å². The van der Waals surface area contributed by atoms with E-state index in [4.69, 9.17) is 19.9 Å². The summed E-state index contributed by atoms with van der Waals surface area (Å²) in [6, 6.07) is 0.0629. The van der Waals surface area contributed by atoms with Crippen LogP contribution in [-0.2, 0) is 14.2 Å². The minimum Gasteiger partial charge on any atom is -0.379 e. The molecule has 0 aromatic rings. The number of unbranched alkanes of at least 4 members (excludes halogenated alkanes) is 26. The third-order valence-corrected chi connectivity index (χ3v) is 8.48. The smallest absolute Gasteiger partial charge is 0.104 e. The van der Waals surface area contributed by atoms with E-state index in [1.54, 1.807) is 0 Å². The second-order valence-electron chi connectivity index (χ2n) is 13.3. The maximum absolute atomic E-state index is 6.16. The second-order valence-corrected chi connectivity index (χ2v) is 13.3. The molecule has 0 fully saturated rings. The van der Waals surface area contributed by atoms with Crippen molar-refractivity contribution in [3.8, 4) is 0 Å². The number of rotatable bonds is 37. The Balaban J connectivity index is 3.62. The number of ether oxygens (including phenoxy) is 3. The van der Waals surface area contributed by atoms with Crippen LogP contribution >= 0.6 is 0 Å². The molecule has 0 aliphatic heterocycles. The largest absolute Gasteiger partial charge is 0.379 e. The molecule has 254 valence electrons. The predicted molar refractivity (Wildman–Crippen MR) is 186 cm³/mol. The highest BCUT2D eigenvalue weighted by atomic mass is 16.6. The molecule has 0 spiro atoms. The van der Waals surface area contributed by atoms with Gasteiger partial charge in [0.15, 0.2) is 0 Å². The first-order valence-electron chi connectivity index (χ1n) is 19.2. The van der Waals surface area contributed by atoms with E-state index in [0.717, 1.165) is 26.1 Å². The van der Waals surface area contributed by atoms with Gasteiger partial charge in [-0.15, -0.1) is 0 Å². The van der Waals surface area contributed by atoms with Crippen LogP contribution in [0.2, 0.25) is 0 Å². The Morgan fingerprint density at radius 1 is 0.381 bits per heavy atom. The summed E-state index contributed by atoms with van der Waals surface area (Å²) in [5.74, 6) is 0.